The van der Waals surface area contributed by atoms with Gasteiger partial charge in [0.25, 0.3) is 0 Å². The molecule has 1 saturated heterocycles. The third-order valence-corrected chi connectivity index (χ3v) is 4.97. The molecular weight excluding hydrogens is 300 g/mol. The Bertz CT molecular complexity index is 593. The average molecular weight is 330 g/mol. The highest BCUT2D eigenvalue weighted by Crippen LogP contribution is 2.27. The van der Waals surface area contributed by atoms with Crippen molar-refractivity contribution in [3.05, 3.63) is 28.8 Å². The van der Waals surface area contributed by atoms with E-state index < -0.39 is 0 Å². The summed E-state index contributed by atoms with van der Waals surface area (Å²) in [7, 11) is 0. The molecule has 0 aliphatic carbocycles. The summed E-state index contributed by atoms with van der Waals surface area (Å²) in [5.74, 6) is 0.862. The maximum Gasteiger partial charge on any atom is 0.224 e. The number of anilines is 1. The van der Waals surface area contributed by atoms with E-state index in [1.807, 2.05) is 18.7 Å². The van der Waals surface area contributed by atoms with Crippen LogP contribution in [0.3, 0.4) is 0 Å². The smallest absolute Gasteiger partial charge is 0.224 e. The molecule has 1 aromatic carbocycles. The van der Waals surface area contributed by atoms with Gasteiger partial charge < -0.3 is 9.80 Å². The SMILES string of the molecule is CC(=O)N(CCC(=O)N1CCC(C)CC1)c1c(C)cc(C)cc1C. The molecular formula is C20H30N2O2. The summed E-state index contributed by atoms with van der Waals surface area (Å²) in [5, 5.41) is 0. The van der Waals surface area contributed by atoms with Gasteiger partial charge in [0.15, 0.2) is 0 Å². The second kappa shape index (κ2) is 7.82. The van der Waals surface area contributed by atoms with E-state index in [1.165, 1.54) is 5.56 Å². The van der Waals surface area contributed by atoms with Gasteiger partial charge in [-0.1, -0.05) is 24.6 Å². The van der Waals surface area contributed by atoms with Crippen LogP contribution >= 0.6 is 0 Å². The third kappa shape index (κ3) is 4.37. The summed E-state index contributed by atoms with van der Waals surface area (Å²) in [6, 6.07) is 4.18. The number of hydrogen-bond donors (Lipinski definition) is 0. The minimum atomic E-state index is -0.00915. The Kier molecular flexibility index (Phi) is 6.03. The maximum absolute atomic E-state index is 12.5. The molecule has 1 heterocycles. The Labute approximate surface area is 145 Å². The Morgan fingerprint density at radius 1 is 1.12 bits per heavy atom. The quantitative estimate of drug-likeness (QED) is 0.846. The standard InChI is InChI=1S/C20H30N2O2/c1-14-6-9-21(10-7-14)19(24)8-11-22(18(5)23)20-16(3)12-15(2)13-17(20)4/h12-14H,6-11H2,1-5H3. The van der Waals surface area contributed by atoms with E-state index in [-0.39, 0.29) is 11.8 Å². The van der Waals surface area contributed by atoms with Crippen molar-refractivity contribution in [3.63, 3.8) is 0 Å². The van der Waals surface area contributed by atoms with Crippen LogP contribution in [0.5, 0.6) is 0 Å². The molecule has 1 fully saturated rings. The normalized spacial score (nSPS) is 15.5. The average Bonchev–Trinajstić information content (AvgIpc) is 2.49. The number of aryl methyl sites for hydroxylation is 3. The lowest BCUT2D eigenvalue weighted by Crippen LogP contribution is -2.40. The molecule has 0 atom stereocenters. The van der Waals surface area contributed by atoms with Crippen molar-refractivity contribution in [2.24, 2.45) is 5.92 Å². The van der Waals surface area contributed by atoms with Crippen molar-refractivity contribution in [2.75, 3.05) is 24.5 Å². The Morgan fingerprint density at radius 2 is 1.67 bits per heavy atom. The third-order valence-electron chi connectivity index (χ3n) is 4.97. The first-order chi connectivity index (χ1) is 11.3. The fourth-order valence-electron chi connectivity index (χ4n) is 3.65. The van der Waals surface area contributed by atoms with Crippen molar-refractivity contribution >= 4 is 17.5 Å². The predicted molar refractivity (Wildman–Crippen MR) is 98.3 cm³/mol. The fraction of sp³-hybridized carbons (Fsp3) is 0.600. The number of rotatable bonds is 4. The first-order valence-electron chi connectivity index (χ1n) is 8.93. The van der Waals surface area contributed by atoms with Crippen LogP contribution in [0, 0.1) is 26.7 Å². The first-order valence-corrected chi connectivity index (χ1v) is 8.93. The minimum absolute atomic E-state index is 0.00915. The molecule has 4 heteroatoms. The van der Waals surface area contributed by atoms with Crippen LogP contribution in [0.2, 0.25) is 0 Å². The number of carbonyl (C=O) groups excluding carboxylic acids is 2. The Balaban J connectivity index is 2.07. The zero-order valence-corrected chi connectivity index (χ0v) is 15.7. The van der Waals surface area contributed by atoms with Gasteiger partial charge in [0, 0.05) is 38.7 Å². The summed E-state index contributed by atoms with van der Waals surface area (Å²) in [6.07, 6.45) is 2.55. The second-order valence-electron chi connectivity index (χ2n) is 7.23. The number of piperidine rings is 1. The summed E-state index contributed by atoms with van der Waals surface area (Å²) < 4.78 is 0. The van der Waals surface area contributed by atoms with Gasteiger partial charge in [-0.3, -0.25) is 9.59 Å². The highest BCUT2D eigenvalue weighted by Gasteiger charge is 2.22. The van der Waals surface area contributed by atoms with Gasteiger partial charge in [0.05, 0.1) is 0 Å². The predicted octanol–water partition coefficient (Wildman–Crippen LogP) is 3.61. The van der Waals surface area contributed by atoms with Crippen molar-refractivity contribution in [1.82, 2.24) is 4.90 Å². The second-order valence-corrected chi connectivity index (χ2v) is 7.23. The van der Waals surface area contributed by atoms with E-state index in [9.17, 15) is 9.59 Å². The van der Waals surface area contributed by atoms with Crippen LogP contribution in [0.15, 0.2) is 12.1 Å². The molecule has 0 radical (unpaired) electrons. The number of likely N-dealkylation sites (tertiary alicyclic amines) is 1. The highest BCUT2D eigenvalue weighted by atomic mass is 16.2. The molecule has 1 aromatic rings. The van der Waals surface area contributed by atoms with Crippen molar-refractivity contribution in [2.45, 2.75) is 53.9 Å². The molecule has 24 heavy (non-hydrogen) atoms. The molecule has 0 spiro atoms. The van der Waals surface area contributed by atoms with Gasteiger partial charge >= 0.3 is 0 Å². The van der Waals surface area contributed by atoms with E-state index in [1.54, 1.807) is 11.8 Å². The first kappa shape index (κ1) is 18.5. The van der Waals surface area contributed by atoms with Crippen LogP contribution in [-0.4, -0.2) is 36.3 Å². The summed E-state index contributed by atoms with van der Waals surface area (Å²) >= 11 is 0. The van der Waals surface area contributed by atoms with E-state index in [2.05, 4.69) is 26.0 Å². The molecule has 1 aliphatic rings. The number of hydrogen-bond acceptors (Lipinski definition) is 2. The van der Waals surface area contributed by atoms with Crippen LogP contribution in [-0.2, 0) is 9.59 Å². The number of amides is 2. The van der Waals surface area contributed by atoms with Crippen molar-refractivity contribution < 1.29 is 9.59 Å². The molecule has 0 aromatic heterocycles. The monoisotopic (exact) mass is 330 g/mol. The van der Waals surface area contributed by atoms with Crippen molar-refractivity contribution in [3.8, 4) is 0 Å². The number of benzene rings is 1. The Morgan fingerprint density at radius 3 is 2.17 bits per heavy atom. The van der Waals surface area contributed by atoms with E-state index in [0.717, 1.165) is 42.7 Å². The summed E-state index contributed by atoms with van der Waals surface area (Å²) in [4.78, 5) is 28.4. The molecule has 2 amide bonds. The lowest BCUT2D eigenvalue weighted by atomic mass is 9.99. The molecule has 0 bridgehead atoms. The molecule has 2 rings (SSSR count). The van der Waals surface area contributed by atoms with E-state index in [0.29, 0.717) is 18.9 Å². The van der Waals surface area contributed by atoms with Crippen LogP contribution in [0.4, 0.5) is 5.69 Å². The zero-order chi connectivity index (χ0) is 17.9. The fourth-order valence-corrected chi connectivity index (χ4v) is 3.65. The molecule has 0 unspecified atom stereocenters. The molecule has 0 N–H and O–H groups in total. The summed E-state index contributed by atoms with van der Waals surface area (Å²) in [5.41, 5.74) is 4.31. The molecule has 0 saturated carbocycles. The van der Waals surface area contributed by atoms with Gasteiger partial charge in [-0.15, -0.1) is 0 Å². The van der Waals surface area contributed by atoms with Crippen molar-refractivity contribution in [1.29, 1.82) is 0 Å². The minimum Gasteiger partial charge on any atom is -0.343 e. The van der Waals surface area contributed by atoms with E-state index >= 15 is 0 Å². The van der Waals surface area contributed by atoms with Gasteiger partial charge in [0.2, 0.25) is 11.8 Å². The van der Waals surface area contributed by atoms with Gasteiger partial charge in [-0.2, -0.15) is 0 Å². The topological polar surface area (TPSA) is 40.6 Å². The lowest BCUT2D eigenvalue weighted by molar-refractivity contribution is -0.132. The highest BCUT2D eigenvalue weighted by molar-refractivity contribution is 5.94. The van der Waals surface area contributed by atoms with Gasteiger partial charge in [0.1, 0.15) is 0 Å². The molecule has 4 nitrogen and oxygen atoms in total. The van der Waals surface area contributed by atoms with Gasteiger partial charge in [-0.25, -0.2) is 0 Å². The van der Waals surface area contributed by atoms with Crippen LogP contribution in [0.25, 0.3) is 0 Å². The molecule has 132 valence electrons. The van der Waals surface area contributed by atoms with Crippen LogP contribution < -0.4 is 4.90 Å². The largest absolute Gasteiger partial charge is 0.343 e. The zero-order valence-electron chi connectivity index (χ0n) is 15.7. The summed E-state index contributed by atoms with van der Waals surface area (Å²) in [6.45, 7) is 12.1. The Hall–Kier alpha value is -1.84. The maximum atomic E-state index is 12.5. The number of nitrogens with zero attached hydrogens (tertiary/aromatic N) is 2. The van der Waals surface area contributed by atoms with Gasteiger partial charge in [-0.05, 0) is 50.7 Å². The molecule has 1 aliphatic heterocycles. The number of carbonyl (C=O) groups is 2. The van der Waals surface area contributed by atoms with E-state index in [4.69, 9.17) is 0 Å². The van der Waals surface area contributed by atoms with Crippen LogP contribution in [0.1, 0.15) is 49.8 Å². The lowest BCUT2D eigenvalue weighted by Gasteiger charge is -2.31.